The summed E-state index contributed by atoms with van der Waals surface area (Å²) in [5, 5.41) is 52.2. The molecule has 0 saturated heterocycles. The van der Waals surface area contributed by atoms with Crippen molar-refractivity contribution < 1.29 is 56.8 Å². The molecule has 0 radical (unpaired) electrons. The number of sulfonamides is 2. The van der Waals surface area contributed by atoms with Gasteiger partial charge in [-0.3, -0.25) is 76.0 Å². The molecule has 4 aromatic carbocycles. The summed E-state index contributed by atoms with van der Waals surface area (Å²) < 4.78 is 61.0. The van der Waals surface area contributed by atoms with Crippen LogP contribution in [0.4, 0.5) is 34.1 Å². The number of rotatable bonds is 35. The Morgan fingerprint density at radius 2 is 1.14 bits per heavy atom. The van der Waals surface area contributed by atoms with Crippen LogP contribution in [0.25, 0.3) is 0 Å². The minimum absolute atomic E-state index is 0.00906. The topological polar surface area (TPSA) is 359 Å². The van der Waals surface area contributed by atoms with Gasteiger partial charge in [0.2, 0.25) is 11.8 Å². The van der Waals surface area contributed by atoms with Crippen LogP contribution in [0.3, 0.4) is 0 Å². The number of benzene rings is 4. The lowest BCUT2D eigenvalue weighted by molar-refractivity contribution is -0.457. The van der Waals surface area contributed by atoms with Crippen molar-refractivity contribution in [3.05, 3.63) is 130 Å². The van der Waals surface area contributed by atoms with E-state index in [4.69, 9.17) is 0 Å². The van der Waals surface area contributed by atoms with E-state index in [0.29, 0.717) is 76.9 Å². The first-order valence-corrected chi connectivity index (χ1v) is 36.8. The first-order chi connectivity index (χ1) is 45.2. The zero-order valence-electron chi connectivity index (χ0n) is 55.2. The Hall–Kier alpha value is -7.55. The fourth-order valence-electron chi connectivity index (χ4n) is 9.45. The average molecular weight is 1380 g/mol. The van der Waals surface area contributed by atoms with Gasteiger partial charge in [-0.2, -0.15) is 0 Å². The highest BCUT2D eigenvalue weighted by molar-refractivity contribution is 8.14. The van der Waals surface area contributed by atoms with Crippen LogP contribution >= 0.6 is 23.5 Å². The number of aryl methyl sites for hydroxylation is 2. The Balaban J connectivity index is 1.27. The highest BCUT2D eigenvalue weighted by atomic mass is 32.2. The number of carbonyl (C=O) groups excluding carboxylic acids is 3. The number of anilines is 6. The number of hydrazine groups is 2. The predicted octanol–water partition coefficient (Wildman–Crippen LogP) is 4.94. The van der Waals surface area contributed by atoms with Crippen molar-refractivity contribution in [3.8, 4) is 0 Å². The standard InChI is InChI=1S/C64H96N16O10S4/c1-9-13-34-67-63(68-35-14-10-2)91-43-58(81)71-60-45(5)19-29-53(47(60)7)75-93(87,88)51-25-21-49(22-26-51)79-40-17-38-66-57(62(83)74-78-85)32-31-56(73-77-84)55(33-42-79)65-39-18-41-80(86)50-23-27-52(28-24-50)94(89,90)76-54-30-20-46(6)61(48(54)8)72-59(82)44-92-64(69-36-15-11-3)70-37-16-12-4/h19-33,65-66,73,75-78,84-86H,9-18,34-44H2,1-8H3,(H,67,68)(H,69,70)(H,71,81)(H,72,82)(H,74,83)/p+2/b55-33-,56-31+,57-32-. The smallest absolute Gasteiger partial charge is 0.304 e. The summed E-state index contributed by atoms with van der Waals surface area (Å²) in [6.45, 7) is 20.1. The second kappa shape index (κ2) is 40.6. The molecule has 26 nitrogen and oxygen atoms in total. The largest absolute Gasteiger partial charge is 0.383 e. The third-order valence-corrected chi connectivity index (χ3v) is 19.6. The molecule has 516 valence electrons. The quantitative estimate of drug-likeness (QED) is 0.0125. The Kier molecular flexibility index (Phi) is 33.4. The maximum atomic E-state index is 14.0. The van der Waals surface area contributed by atoms with Crippen molar-refractivity contribution in [2.24, 2.45) is 0 Å². The molecule has 1 aliphatic rings. The number of thioether (sulfide) groups is 2. The van der Waals surface area contributed by atoms with Gasteiger partial charge < -0.3 is 26.2 Å². The fraction of sp³-hybridized carbons (Fsp3) is 0.453. The van der Waals surface area contributed by atoms with Gasteiger partial charge in [-0.25, -0.2) is 16.8 Å². The molecule has 30 heteroatoms. The second-order valence-corrected chi connectivity index (χ2v) is 27.6. The minimum atomic E-state index is -4.14. The number of nitrogens with one attached hydrogen (secondary N) is 14. The molecule has 0 bridgehead atoms. The molecule has 0 aliphatic carbocycles. The lowest BCUT2D eigenvalue weighted by Crippen LogP contribution is -2.75. The number of nitrogens with zero attached hydrogens (tertiary/aromatic N) is 2. The summed E-state index contributed by atoms with van der Waals surface area (Å²) in [7, 11) is -8.27. The molecule has 0 fully saturated rings. The second-order valence-electron chi connectivity index (χ2n) is 22.2. The zero-order valence-corrected chi connectivity index (χ0v) is 58.5. The van der Waals surface area contributed by atoms with Gasteiger partial charge in [0.15, 0.2) is 0 Å². The fourth-order valence-corrected chi connectivity index (χ4v) is 13.2. The Bertz CT molecular complexity index is 3500. The molecular weight excluding hydrogens is 1280 g/mol. The van der Waals surface area contributed by atoms with Crippen LogP contribution in [-0.2, 0) is 34.4 Å². The molecular formula is C64H98N16O10S4+2. The summed E-state index contributed by atoms with van der Waals surface area (Å²) in [6, 6.07) is 18.9. The van der Waals surface area contributed by atoms with E-state index in [1.807, 2.05) is 30.4 Å². The van der Waals surface area contributed by atoms with Crippen molar-refractivity contribution in [2.45, 2.75) is 129 Å². The molecule has 17 N–H and O–H groups in total. The lowest BCUT2D eigenvalue weighted by atomic mass is 10.1. The van der Waals surface area contributed by atoms with Crippen LogP contribution < -0.4 is 83.3 Å². The molecule has 0 saturated carbocycles. The molecule has 4 aromatic rings. The van der Waals surface area contributed by atoms with E-state index in [2.05, 4.69) is 89.9 Å². The van der Waals surface area contributed by atoms with E-state index in [9.17, 15) is 46.8 Å². The van der Waals surface area contributed by atoms with Crippen molar-refractivity contribution in [2.75, 3.05) is 100 Å². The number of hydrogen-bond donors (Lipinski definition) is 17. The van der Waals surface area contributed by atoms with Crippen LogP contribution in [0.15, 0.2) is 118 Å². The van der Waals surface area contributed by atoms with Gasteiger partial charge in [0.25, 0.3) is 26.0 Å². The number of hydroxylamine groups is 1. The van der Waals surface area contributed by atoms with E-state index >= 15 is 0 Å². The van der Waals surface area contributed by atoms with Crippen molar-refractivity contribution >= 4 is 106 Å². The highest BCUT2D eigenvalue weighted by Gasteiger charge is 2.23. The summed E-state index contributed by atoms with van der Waals surface area (Å²) >= 11 is 2.77. The van der Waals surface area contributed by atoms with Crippen LogP contribution in [0, 0.1) is 27.7 Å². The van der Waals surface area contributed by atoms with E-state index in [1.165, 1.54) is 72.1 Å². The number of amides is 3. The third-order valence-electron chi connectivity index (χ3n) is 14.9. The molecule has 0 spiro atoms. The summed E-state index contributed by atoms with van der Waals surface area (Å²) in [6.07, 6.45) is 13.8. The van der Waals surface area contributed by atoms with Crippen LogP contribution in [0.5, 0.6) is 0 Å². The monoisotopic (exact) mass is 1380 g/mol. The van der Waals surface area contributed by atoms with Crippen LogP contribution in [0.1, 0.15) is 114 Å². The number of allylic oxidation sites excluding steroid dienone is 2. The molecule has 5 rings (SSSR count). The first kappa shape index (κ1) is 77.2. The van der Waals surface area contributed by atoms with Crippen molar-refractivity contribution in [3.63, 3.8) is 0 Å². The van der Waals surface area contributed by atoms with E-state index in [1.54, 1.807) is 55.8 Å². The van der Waals surface area contributed by atoms with Crippen molar-refractivity contribution in [1.29, 1.82) is 0 Å². The van der Waals surface area contributed by atoms with E-state index in [0.717, 1.165) is 104 Å². The Morgan fingerprint density at radius 3 is 1.63 bits per heavy atom. The first-order valence-electron chi connectivity index (χ1n) is 31.9. The minimum Gasteiger partial charge on any atom is -0.383 e. The lowest BCUT2D eigenvalue weighted by Gasteiger charge is -2.26. The highest BCUT2D eigenvalue weighted by Crippen LogP contribution is 2.32. The number of amidine groups is 2. The van der Waals surface area contributed by atoms with Gasteiger partial charge in [0.05, 0.1) is 75.9 Å². The van der Waals surface area contributed by atoms with E-state index in [-0.39, 0.29) is 64.1 Å². The molecule has 3 amide bonds. The van der Waals surface area contributed by atoms with Crippen LogP contribution in [0.2, 0.25) is 0 Å². The van der Waals surface area contributed by atoms with Crippen LogP contribution in [-0.4, -0.2) is 131 Å². The number of unbranched alkanes of at least 4 members (excludes halogenated alkanes) is 4. The molecule has 0 atom stereocenters. The third kappa shape index (κ3) is 25.3. The normalized spacial score (nSPS) is 15.1. The number of hydrogen-bond acceptors (Lipinski definition) is 19. The van der Waals surface area contributed by atoms with Gasteiger partial charge in [-0.1, -0.05) is 65.5 Å². The molecule has 1 heterocycles. The summed E-state index contributed by atoms with van der Waals surface area (Å²) in [5.74, 6) is -0.886. The van der Waals surface area contributed by atoms with Gasteiger partial charge >= 0.3 is 10.3 Å². The zero-order chi connectivity index (χ0) is 68.5. The maximum Gasteiger partial charge on any atom is 0.304 e. The van der Waals surface area contributed by atoms with Crippen molar-refractivity contribution in [1.82, 2.24) is 43.3 Å². The van der Waals surface area contributed by atoms with Gasteiger partial charge in [0.1, 0.15) is 5.70 Å². The predicted molar refractivity (Wildman–Crippen MR) is 378 cm³/mol. The molecule has 0 aromatic heterocycles. The molecule has 1 aliphatic heterocycles. The summed E-state index contributed by atoms with van der Waals surface area (Å²) in [5.41, 5.74) is 14.4. The van der Waals surface area contributed by atoms with Gasteiger partial charge in [-0.05, 0) is 191 Å². The summed E-state index contributed by atoms with van der Waals surface area (Å²) in [4.78, 5) is 48.3. The Labute approximate surface area is 562 Å². The van der Waals surface area contributed by atoms with Gasteiger partial charge in [0, 0.05) is 49.8 Å². The van der Waals surface area contributed by atoms with E-state index < -0.39 is 26.0 Å². The molecule has 0 unspecified atom stereocenters. The maximum absolute atomic E-state index is 14.0. The average Bonchev–Trinajstić information content (AvgIpc) is 0.838. The SMILES string of the molecule is CCCCNC(=[NH+]CCCC)SCC(=O)Nc1c(C)ccc(NS(=O)(=O)c2ccc(N(O)CCCNC3=C\CN(c4ccc(S(=O)(=O)Nc5ccc(C)c(NC(=O)CSC(NCCCC)=[NH+]CCCC)c5C)cc4)CCCN\C(C(=O)NNO)=C/C=C\3NNO)cc2)c1C. The molecule has 94 heavy (non-hydrogen) atoms. The van der Waals surface area contributed by atoms with Gasteiger partial charge in [-0.15, -0.1) is 11.2 Å². The number of carbonyl (C=O) groups is 3. The Morgan fingerprint density at radius 1 is 0.628 bits per heavy atom.